The average molecular weight is 347 g/mol. The Kier molecular flexibility index (Phi) is 5.08. The largest absolute Gasteiger partial charge is 0.443 e. The maximum absolute atomic E-state index is 12.0. The molecule has 1 atom stereocenters. The smallest absolute Gasteiger partial charge is 0.319 e. The predicted octanol–water partition coefficient (Wildman–Crippen LogP) is 2.67. The van der Waals surface area contributed by atoms with E-state index in [4.69, 9.17) is 9.15 Å². The van der Waals surface area contributed by atoms with Crippen molar-refractivity contribution in [3.63, 3.8) is 0 Å². The summed E-state index contributed by atoms with van der Waals surface area (Å²) >= 11 is 0. The van der Waals surface area contributed by atoms with E-state index in [1.54, 1.807) is 23.3 Å². The maximum atomic E-state index is 12.0. The molecule has 3 heterocycles. The summed E-state index contributed by atoms with van der Waals surface area (Å²) in [5.74, 6) is 1.27. The highest BCUT2D eigenvalue weighted by atomic mass is 16.5. The molecule has 136 valence electrons. The summed E-state index contributed by atoms with van der Waals surface area (Å²) in [5.41, 5.74) is 0.531. The number of rotatable bonds is 5. The van der Waals surface area contributed by atoms with E-state index in [1.165, 1.54) is 0 Å². The van der Waals surface area contributed by atoms with Gasteiger partial charge in [-0.1, -0.05) is 20.8 Å². The molecule has 3 rings (SSSR count). The molecule has 0 saturated carbocycles. The molecule has 0 bridgehead atoms. The van der Waals surface area contributed by atoms with E-state index in [2.05, 4.69) is 20.7 Å². The van der Waals surface area contributed by atoms with Crippen molar-refractivity contribution in [2.75, 3.05) is 11.9 Å². The van der Waals surface area contributed by atoms with Gasteiger partial charge in [0, 0.05) is 18.2 Å². The van der Waals surface area contributed by atoms with Crippen LogP contribution in [-0.4, -0.2) is 33.5 Å². The lowest BCUT2D eigenvalue weighted by atomic mass is 9.94. The van der Waals surface area contributed by atoms with Crippen molar-refractivity contribution in [3.8, 4) is 0 Å². The van der Waals surface area contributed by atoms with Gasteiger partial charge in [0.15, 0.2) is 0 Å². The molecule has 1 fully saturated rings. The summed E-state index contributed by atoms with van der Waals surface area (Å²) in [7, 11) is 0. The Morgan fingerprint density at radius 1 is 1.40 bits per heavy atom. The predicted molar refractivity (Wildman–Crippen MR) is 92.3 cm³/mol. The fourth-order valence-electron chi connectivity index (χ4n) is 2.59. The second kappa shape index (κ2) is 7.26. The van der Waals surface area contributed by atoms with Gasteiger partial charge >= 0.3 is 6.03 Å². The van der Waals surface area contributed by atoms with Crippen LogP contribution >= 0.6 is 0 Å². The number of aromatic nitrogens is 3. The van der Waals surface area contributed by atoms with Crippen molar-refractivity contribution < 1.29 is 13.9 Å². The lowest BCUT2D eigenvalue weighted by Gasteiger charge is -2.13. The third-order valence-corrected chi connectivity index (χ3v) is 4.00. The molecule has 2 N–H and O–H groups in total. The molecule has 2 amide bonds. The summed E-state index contributed by atoms with van der Waals surface area (Å²) in [6.45, 7) is 7.89. The lowest BCUT2D eigenvalue weighted by Crippen LogP contribution is -2.28. The van der Waals surface area contributed by atoms with Crippen LogP contribution < -0.4 is 10.6 Å². The molecule has 2 aromatic heterocycles. The van der Waals surface area contributed by atoms with Crippen molar-refractivity contribution in [2.24, 2.45) is 0 Å². The number of oxazole rings is 1. The molecule has 8 heteroatoms. The molecule has 2 aromatic rings. The van der Waals surface area contributed by atoms with Crippen molar-refractivity contribution in [1.29, 1.82) is 0 Å². The van der Waals surface area contributed by atoms with Gasteiger partial charge < -0.3 is 19.8 Å². The van der Waals surface area contributed by atoms with E-state index in [1.807, 2.05) is 20.8 Å². The van der Waals surface area contributed by atoms with Gasteiger partial charge in [0.2, 0.25) is 5.89 Å². The Morgan fingerprint density at radius 3 is 2.92 bits per heavy atom. The van der Waals surface area contributed by atoms with E-state index < -0.39 is 0 Å². The highest BCUT2D eigenvalue weighted by Gasteiger charge is 2.19. The first kappa shape index (κ1) is 17.5. The van der Waals surface area contributed by atoms with Crippen LogP contribution in [0.2, 0.25) is 0 Å². The van der Waals surface area contributed by atoms with Crippen LogP contribution in [0.5, 0.6) is 0 Å². The quantitative estimate of drug-likeness (QED) is 0.867. The van der Waals surface area contributed by atoms with Crippen LogP contribution in [0.4, 0.5) is 10.5 Å². The molecule has 0 aliphatic carbocycles. The standard InChI is InChI=1S/C17H25N5O3/c1-17(2,3)14-8-18-15(25-14)9-19-16(23)21-12-7-20-22(10-12)11-13-5-4-6-24-13/h7-8,10,13H,4-6,9,11H2,1-3H3,(H2,19,21,23)/t13-/m1/s1. The van der Waals surface area contributed by atoms with E-state index >= 15 is 0 Å². The Bertz CT molecular complexity index is 710. The van der Waals surface area contributed by atoms with Gasteiger partial charge in [-0.05, 0) is 12.8 Å². The summed E-state index contributed by atoms with van der Waals surface area (Å²) in [6.07, 6.45) is 7.47. The Hall–Kier alpha value is -2.35. The molecule has 0 spiro atoms. The number of nitrogens with zero attached hydrogens (tertiary/aromatic N) is 3. The number of ether oxygens (including phenoxy) is 1. The van der Waals surface area contributed by atoms with Gasteiger partial charge in [0.05, 0.1) is 37.3 Å². The molecule has 8 nitrogen and oxygen atoms in total. The monoisotopic (exact) mass is 347 g/mol. The number of urea groups is 1. The molecule has 1 aliphatic heterocycles. The molecule has 1 aliphatic rings. The molecule has 0 unspecified atom stereocenters. The number of nitrogens with one attached hydrogen (secondary N) is 2. The first-order chi connectivity index (χ1) is 11.9. The van der Waals surface area contributed by atoms with Gasteiger partial charge in [-0.15, -0.1) is 0 Å². The van der Waals surface area contributed by atoms with Gasteiger partial charge in [0.25, 0.3) is 0 Å². The van der Waals surface area contributed by atoms with Gasteiger partial charge in [-0.25, -0.2) is 9.78 Å². The summed E-state index contributed by atoms with van der Waals surface area (Å²) in [4.78, 5) is 16.2. The molecular weight excluding hydrogens is 322 g/mol. The molecule has 0 aromatic carbocycles. The van der Waals surface area contributed by atoms with Gasteiger partial charge in [-0.3, -0.25) is 4.68 Å². The second-order valence-electron chi connectivity index (χ2n) is 7.26. The first-order valence-corrected chi connectivity index (χ1v) is 8.54. The minimum atomic E-state index is -0.327. The average Bonchev–Trinajstić information content (AvgIpc) is 3.26. The van der Waals surface area contributed by atoms with Crippen molar-refractivity contribution in [1.82, 2.24) is 20.1 Å². The normalized spacial score (nSPS) is 17.6. The second-order valence-corrected chi connectivity index (χ2v) is 7.26. The molecule has 25 heavy (non-hydrogen) atoms. The number of carbonyl (C=O) groups excluding carboxylic acids is 1. The highest BCUT2D eigenvalue weighted by Crippen LogP contribution is 2.22. The summed E-state index contributed by atoms with van der Waals surface area (Å²) in [6, 6.07) is -0.327. The van der Waals surface area contributed by atoms with Gasteiger partial charge in [0.1, 0.15) is 5.76 Å². The van der Waals surface area contributed by atoms with Crippen LogP contribution in [0.3, 0.4) is 0 Å². The fourth-order valence-corrected chi connectivity index (χ4v) is 2.59. The lowest BCUT2D eigenvalue weighted by molar-refractivity contribution is 0.0940. The zero-order valence-electron chi connectivity index (χ0n) is 14.9. The third-order valence-electron chi connectivity index (χ3n) is 4.00. The molecule has 0 radical (unpaired) electrons. The number of carbonyl (C=O) groups is 1. The molecular formula is C17H25N5O3. The summed E-state index contributed by atoms with van der Waals surface area (Å²) < 4.78 is 13.0. The van der Waals surface area contributed by atoms with Crippen LogP contribution in [0.15, 0.2) is 23.0 Å². The van der Waals surface area contributed by atoms with Crippen LogP contribution in [0.1, 0.15) is 45.3 Å². The SMILES string of the molecule is CC(C)(C)c1cnc(CNC(=O)Nc2cnn(C[C@H]3CCCO3)c2)o1. The van der Waals surface area contributed by atoms with E-state index in [0.29, 0.717) is 18.1 Å². The van der Waals surface area contributed by atoms with E-state index in [-0.39, 0.29) is 24.1 Å². The maximum Gasteiger partial charge on any atom is 0.319 e. The van der Waals surface area contributed by atoms with E-state index in [9.17, 15) is 4.79 Å². The third kappa shape index (κ3) is 4.82. The van der Waals surface area contributed by atoms with Crippen LogP contribution in [0, 0.1) is 0 Å². The number of amides is 2. The summed E-state index contributed by atoms with van der Waals surface area (Å²) in [5, 5.41) is 9.72. The number of hydrogen-bond donors (Lipinski definition) is 2. The Morgan fingerprint density at radius 2 is 2.24 bits per heavy atom. The fraction of sp³-hybridized carbons (Fsp3) is 0.588. The topological polar surface area (TPSA) is 94.2 Å². The molecule has 1 saturated heterocycles. The Labute approximate surface area is 146 Å². The Balaban J connectivity index is 1.46. The first-order valence-electron chi connectivity index (χ1n) is 8.54. The number of anilines is 1. The zero-order valence-corrected chi connectivity index (χ0v) is 14.9. The van der Waals surface area contributed by atoms with Crippen molar-refractivity contribution >= 4 is 11.7 Å². The van der Waals surface area contributed by atoms with Crippen LogP contribution in [0.25, 0.3) is 0 Å². The van der Waals surface area contributed by atoms with E-state index in [0.717, 1.165) is 25.2 Å². The zero-order chi connectivity index (χ0) is 17.9. The number of hydrogen-bond acceptors (Lipinski definition) is 5. The highest BCUT2D eigenvalue weighted by molar-refractivity contribution is 5.88. The van der Waals surface area contributed by atoms with Crippen molar-refractivity contribution in [2.45, 2.75) is 58.2 Å². The van der Waals surface area contributed by atoms with Crippen molar-refractivity contribution in [3.05, 3.63) is 30.2 Å². The minimum absolute atomic E-state index is 0.106. The van der Waals surface area contributed by atoms with Crippen LogP contribution in [-0.2, 0) is 23.2 Å². The minimum Gasteiger partial charge on any atom is -0.443 e. The van der Waals surface area contributed by atoms with Gasteiger partial charge in [-0.2, -0.15) is 5.10 Å².